The Morgan fingerprint density at radius 1 is 1.38 bits per heavy atom. The highest BCUT2D eigenvalue weighted by Gasteiger charge is 2.33. The molecule has 0 aliphatic carbocycles. The molecule has 1 aromatic carbocycles. The van der Waals surface area contributed by atoms with Gasteiger partial charge in [-0.05, 0) is 19.1 Å². The molecule has 1 N–H and O–H groups in total. The number of hydrogen-bond acceptors (Lipinski definition) is 2. The Balaban J connectivity index is 2.92. The Hall–Kier alpha value is -1.70. The molecule has 0 bridgehead atoms. The van der Waals surface area contributed by atoms with Gasteiger partial charge >= 0.3 is 6.18 Å². The average molecular weight is 228 g/mol. The Morgan fingerprint density at radius 2 is 2.00 bits per heavy atom. The maximum Gasteiger partial charge on any atom is 0.418 e. The molecule has 86 valence electrons. The molecular formula is C11H11F3N2. The van der Waals surface area contributed by atoms with Gasteiger partial charge in [0.05, 0.1) is 18.1 Å². The van der Waals surface area contributed by atoms with Crippen LogP contribution in [0.25, 0.3) is 0 Å². The van der Waals surface area contributed by atoms with Crippen LogP contribution in [-0.4, -0.2) is 6.04 Å². The van der Waals surface area contributed by atoms with Gasteiger partial charge in [-0.1, -0.05) is 12.1 Å². The van der Waals surface area contributed by atoms with Gasteiger partial charge in [0.15, 0.2) is 0 Å². The summed E-state index contributed by atoms with van der Waals surface area (Å²) in [5.41, 5.74) is -0.697. The molecule has 0 aromatic heterocycles. The summed E-state index contributed by atoms with van der Waals surface area (Å²) in [6.07, 6.45) is -4.22. The predicted molar refractivity (Wildman–Crippen MR) is 54.8 cm³/mol. The molecule has 0 fully saturated rings. The summed E-state index contributed by atoms with van der Waals surface area (Å²) >= 11 is 0. The van der Waals surface area contributed by atoms with Gasteiger partial charge in [0.2, 0.25) is 0 Å². The van der Waals surface area contributed by atoms with E-state index in [1.165, 1.54) is 18.2 Å². The quantitative estimate of drug-likeness (QED) is 0.860. The van der Waals surface area contributed by atoms with Crippen molar-refractivity contribution in [3.8, 4) is 6.07 Å². The maximum absolute atomic E-state index is 12.6. The summed E-state index contributed by atoms with van der Waals surface area (Å²) in [5.74, 6) is 0. The van der Waals surface area contributed by atoms with Crippen molar-refractivity contribution in [3.05, 3.63) is 29.8 Å². The molecule has 0 radical (unpaired) electrons. The van der Waals surface area contributed by atoms with E-state index in [-0.39, 0.29) is 18.2 Å². The second kappa shape index (κ2) is 4.88. The van der Waals surface area contributed by atoms with Crippen molar-refractivity contribution in [2.24, 2.45) is 0 Å². The third-order valence-electron chi connectivity index (χ3n) is 2.03. The van der Waals surface area contributed by atoms with Crippen molar-refractivity contribution >= 4 is 5.69 Å². The van der Waals surface area contributed by atoms with E-state index in [4.69, 9.17) is 5.26 Å². The highest BCUT2D eigenvalue weighted by molar-refractivity contribution is 5.53. The normalized spacial score (nSPS) is 12.9. The van der Waals surface area contributed by atoms with Crippen LogP contribution in [0.15, 0.2) is 24.3 Å². The summed E-state index contributed by atoms with van der Waals surface area (Å²) in [6.45, 7) is 1.66. The Kier molecular flexibility index (Phi) is 3.78. The number of alkyl halides is 3. The predicted octanol–water partition coefficient (Wildman–Crippen LogP) is 3.42. The van der Waals surface area contributed by atoms with Crippen LogP contribution in [0.3, 0.4) is 0 Å². The van der Waals surface area contributed by atoms with Crippen molar-refractivity contribution in [1.82, 2.24) is 0 Å². The van der Waals surface area contributed by atoms with Crippen molar-refractivity contribution in [2.75, 3.05) is 5.32 Å². The minimum Gasteiger partial charge on any atom is -0.381 e. The van der Waals surface area contributed by atoms with Crippen LogP contribution < -0.4 is 5.32 Å². The van der Waals surface area contributed by atoms with E-state index in [0.29, 0.717) is 0 Å². The molecular weight excluding hydrogens is 217 g/mol. The van der Waals surface area contributed by atoms with Gasteiger partial charge in [-0.25, -0.2) is 0 Å². The van der Waals surface area contributed by atoms with E-state index in [0.717, 1.165) is 6.07 Å². The second-order valence-corrected chi connectivity index (χ2v) is 3.45. The fourth-order valence-corrected chi connectivity index (χ4v) is 1.31. The van der Waals surface area contributed by atoms with E-state index in [1.807, 2.05) is 6.07 Å². The van der Waals surface area contributed by atoms with Crippen molar-refractivity contribution in [2.45, 2.75) is 25.6 Å². The number of hydrogen-bond donors (Lipinski definition) is 1. The maximum atomic E-state index is 12.6. The molecule has 0 aliphatic rings. The fraction of sp³-hybridized carbons (Fsp3) is 0.364. The summed E-state index contributed by atoms with van der Waals surface area (Å²) in [5, 5.41) is 11.1. The molecule has 0 amide bonds. The smallest absolute Gasteiger partial charge is 0.381 e. The molecule has 0 heterocycles. The van der Waals surface area contributed by atoms with Crippen molar-refractivity contribution in [3.63, 3.8) is 0 Å². The minimum absolute atomic E-state index is 0.0118. The largest absolute Gasteiger partial charge is 0.418 e. The van der Waals surface area contributed by atoms with Gasteiger partial charge < -0.3 is 5.32 Å². The zero-order chi connectivity index (χ0) is 12.2. The first-order valence-corrected chi connectivity index (χ1v) is 4.75. The number of nitrogens with one attached hydrogen (secondary N) is 1. The van der Waals surface area contributed by atoms with Crippen molar-refractivity contribution in [1.29, 1.82) is 5.26 Å². The minimum atomic E-state index is -4.38. The van der Waals surface area contributed by atoms with Gasteiger partial charge in [0.25, 0.3) is 0 Å². The van der Waals surface area contributed by atoms with E-state index in [9.17, 15) is 13.2 Å². The van der Waals surface area contributed by atoms with Crippen LogP contribution in [0.4, 0.5) is 18.9 Å². The van der Waals surface area contributed by atoms with Crippen LogP contribution in [0.1, 0.15) is 18.9 Å². The number of halogens is 3. The molecule has 0 saturated heterocycles. The number of anilines is 1. The molecule has 1 atom stereocenters. The van der Waals surface area contributed by atoms with Crippen LogP contribution in [0.2, 0.25) is 0 Å². The average Bonchev–Trinajstić information content (AvgIpc) is 2.17. The first-order valence-electron chi connectivity index (χ1n) is 4.75. The molecule has 16 heavy (non-hydrogen) atoms. The van der Waals surface area contributed by atoms with Crippen LogP contribution in [0, 0.1) is 11.3 Å². The second-order valence-electron chi connectivity index (χ2n) is 3.45. The Bertz CT molecular complexity index is 393. The van der Waals surface area contributed by atoms with E-state index < -0.39 is 11.7 Å². The van der Waals surface area contributed by atoms with E-state index >= 15 is 0 Å². The molecule has 0 aliphatic heterocycles. The Morgan fingerprint density at radius 3 is 2.56 bits per heavy atom. The molecule has 2 nitrogen and oxygen atoms in total. The lowest BCUT2D eigenvalue weighted by Crippen LogP contribution is -2.18. The molecule has 1 aromatic rings. The molecule has 0 spiro atoms. The van der Waals surface area contributed by atoms with Gasteiger partial charge in [-0.2, -0.15) is 18.4 Å². The SMILES string of the molecule is CC(CC#N)Nc1ccccc1C(F)(F)F. The fourth-order valence-electron chi connectivity index (χ4n) is 1.31. The lowest BCUT2D eigenvalue weighted by atomic mass is 10.1. The number of nitriles is 1. The topological polar surface area (TPSA) is 35.8 Å². The monoisotopic (exact) mass is 228 g/mol. The molecule has 1 rings (SSSR count). The molecule has 0 saturated carbocycles. The van der Waals surface area contributed by atoms with Gasteiger partial charge in [0.1, 0.15) is 0 Å². The summed E-state index contributed by atoms with van der Waals surface area (Å²) in [6, 6.07) is 6.82. The number of nitrogens with zero attached hydrogens (tertiary/aromatic N) is 1. The lowest BCUT2D eigenvalue weighted by molar-refractivity contribution is -0.137. The van der Waals surface area contributed by atoms with Crippen LogP contribution >= 0.6 is 0 Å². The van der Waals surface area contributed by atoms with E-state index in [1.54, 1.807) is 6.92 Å². The Labute approximate surface area is 91.7 Å². The summed E-state index contributed by atoms with van der Waals surface area (Å²) < 4.78 is 37.7. The van der Waals surface area contributed by atoms with Crippen molar-refractivity contribution < 1.29 is 13.2 Å². The molecule has 5 heteroatoms. The summed E-state index contributed by atoms with van der Waals surface area (Å²) in [4.78, 5) is 0. The first kappa shape index (κ1) is 12.4. The number of rotatable bonds is 3. The third kappa shape index (κ3) is 3.16. The third-order valence-corrected chi connectivity index (χ3v) is 2.03. The van der Waals surface area contributed by atoms with Crippen LogP contribution in [-0.2, 0) is 6.18 Å². The van der Waals surface area contributed by atoms with Gasteiger partial charge in [0, 0.05) is 11.7 Å². The van der Waals surface area contributed by atoms with Gasteiger partial charge in [-0.3, -0.25) is 0 Å². The highest BCUT2D eigenvalue weighted by Crippen LogP contribution is 2.34. The first-order chi connectivity index (χ1) is 7.45. The zero-order valence-electron chi connectivity index (χ0n) is 8.67. The molecule has 1 unspecified atom stereocenters. The van der Waals surface area contributed by atoms with Crippen LogP contribution in [0.5, 0.6) is 0 Å². The van der Waals surface area contributed by atoms with E-state index in [2.05, 4.69) is 5.32 Å². The van der Waals surface area contributed by atoms with Gasteiger partial charge in [-0.15, -0.1) is 0 Å². The number of benzene rings is 1. The number of para-hydroxylation sites is 1. The highest BCUT2D eigenvalue weighted by atomic mass is 19.4. The summed E-state index contributed by atoms with van der Waals surface area (Å²) in [7, 11) is 0. The lowest BCUT2D eigenvalue weighted by Gasteiger charge is -2.17. The standard InChI is InChI=1S/C11H11F3N2/c1-8(6-7-15)16-10-5-3-2-4-9(10)11(12,13)14/h2-5,8,16H,6H2,1H3. The zero-order valence-corrected chi connectivity index (χ0v) is 8.67.